The quantitative estimate of drug-likeness (QED) is 0.120. The Bertz CT molecular complexity index is 1730. The van der Waals surface area contributed by atoms with Gasteiger partial charge in [-0.1, -0.05) is 65.0 Å². The summed E-state index contributed by atoms with van der Waals surface area (Å²) in [5.41, 5.74) is 4.34. The van der Waals surface area contributed by atoms with E-state index >= 15 is 0 Å². The maximum absolute atomic E-state index is 14.7. The average Bonchev–Trinajstić information content (AvgIpc) is 3.59. The molecule has 0 radical (unpaired) electrons. The van der Waals surface area contributed by atoms with Gasteiger partial charge in [0.1, 0.15) is 0 Å². The molecule has 1 aromatic carbocycles. The topological polar surface area (TPSA) is 111 Å². The van der Waals surface area contributed by atoms with Crippen LogP contribution in [0, 0.1) is 56.7 Å². The molecular formula is C48H70N2O7. The van der Waals surface area contributed by atoms with E-state index in [0.717, 1.165) is 38.5 Å². The van der Waals surface area contributed by atoms with Crippen LogP contribution < -0.4 is 5.32 Å². The molecule has 5 aliphatic carbocycles. The standard InChI is InChI=1S/C48H70N2O7/c1-31(2)34-17-24-48(43(54)49-27-30-50(28-20-39(51)55-8)29-21-40(52)56-9)26-25-46(6)36(41(34)48)15-16-38-45(5)22-18-35(32-11-13-33(14-12-32)42(53)57-10)44(3,4)37(45)19-23-47(38,46)7/h11-14,18,34,36-38,41H,1,15-17,19-30H2,2-10H3,(H,49,54)/t34-,36+,37-,38+,41+,45-,46+,47+,48-/m0/s1. The van der Waals surface area contributed by atoms with Crippen LogP contribution in [0.2, 0.25) is 0 Å². The summed E-state index contributed by atoms with van der Waals surface area (Å²) in [5, 5.41) is 3.39. The molecule has 0 spiro atoms. The minimum Gasteiger partial charge on any atom is -0.469 e. The monoisotopic (exact) mass is 787 g/mol. The molecule has 9 nitrogen and oxygen atoms in total. The van der Waals surface area contributed by atoms with Crippen LogP contribution in [-0.4, -0.2) is 76.2 Å². The second-order valence-electron chi connectivity index (χ2n) is 19.7. The molecule has 1 N–H and O–H groups in total. The number of esters is 3. The number of rotatable bonds is 13. The molecule has 314 valence electrons. The van der Waals surface area contributed by atoms with Crippen LogP contribution in [-0.2, 0) is 28.6 Å². The third-order valence-corrected chi connectivity index (χ3v) is 17.1. The van der Waals surface area contributed by atoms with E-state index in [1.165, 1.54) is 57.3 Å². The van der Waals surface area contributed by atoms with Gasteiger partial charge in [0, 0.05) is 26.2 Å². The summed E-state index contributed by atoms with van der Waals surface area (Å²) in [6, 6.07) is 7.98. The third-order valence-electron chi connectivity index (χ3n) is 17.1. The van der Waals surface area contributed by atoms with Gasteiger partial charge in [-0.15, -0.1) is 0 Å². The average molecular weight is 787 g/mol. The van der Waals surface area contributed by atoms with Crippen molar-refractivity contribution in [2.45, 2.75) is 112 Å². The van der Waals surface area contributed by atoms with Crippen LogP contribution >= 0.6 is 0 Å². The minimum atomic E-state index is -0.422. The predicted octanol–water partition coefficient (Wildman–Crippen LogP) is 8.67. The SMILES string of the molecule is C=C(C)[C@@H]1CC[C@]2(C(=O)NCCN(CCC(=O)OC)CCC(=O)OC)CC[C@]3(C)[C@H](CC[C@@H]4[C@@]5(C)CC=C(c6ccc(C(=O)OC)cc6)C(C)(C)[C@@H]5CC[C@]43C)[C@@H]12. The first kappa shape index (κ1) is 43.1. The predicted molar refractivity (Wildman–Crippen MR) is 223 cm³/mol. The van der Waals surface area contributed by atoms with Crippen LogP contribution in [0.25, 0.3) is 5.57 Å². The molecule has 6 rings (SSSR count). The maximum Gasteiger partial charge on any atom is 0.337 e. The summed E-state index contributed by atoms with van der Waals surface area (Å²) >= 11 is 0. The van der Waals surface area contributed by atoms with E-state index in [0.29, 0.717) is 55.4 Å². The zero-order chi connectivity index (χ0) is 41.6. The number of carbonyl (C=O) groups is 4. The first-order valence-electron chi connectivity index (χ1n) is 21.6. The van der Waals surface area contributed by atoms with Gasteiger partial charge < -0.3 is 24.4 Å². The Kier molecular flexibility index (Phi) is 12.3. The van der Waals surface area contributed by atoms with E-state index in [-0.39, 0.29) is 64.2 Å². The highest BCUT2D eigenvalue weighted by Gasteiger charge is 2.71. The number of hydrogen-bond acceptors (Lipinski definition) is 8. The molecule has 1 amide bonds. The van der Waals surface area contributed by atoms with Gasteiger partial charge in [0.15, 0.2) is 0 Å². The summed E-state index contributed by atoms with van der Waals surface area (Å²) in [6.45, 7) is 21.4. The molecule has 1 aromatic rings. The summed E-state index contributed by atoms with van der Waals surface area (Å²) in [5.74, 6) is 1.41. The Balaban J connectivity index is 1.23. The number of hydrogen-bond donors (Lipinski definition) is 1. The van der Waals surface area contributed by atoms with Crippen molar-refractivity contribution < 1.29 is 33.4 Å². The Labute approximate surface area is 342 Å². The normalized spacial score (nSPS) is 35.1. The molecule has 5 aliphatic rings. The largest absolute Gasteiger partial charge is 0.469 e. The van der Waals surface area contributed by atoms with Gasteiger partial charge in [-0.3, -0.25) is 14.4 Å². The number of fused-ring (bicyclic) bond motifs is 7. The summed E-state index contributed by atoms with van der Waals surface area (Å²) in [4.78, 5) is 52.8. The van der Waals surface area contributed by atoms with E-state index in [1.807, 2.05) is 17.0 Å². The van der Waals surface area contributed by atoms with E-state index in [4.69, 9.17) is 14.2 Å². The highest BCUT2D eigenvalue weighted by Crippen LogP contribution is 2.77. The van der Waals surface area contributed by atoms with Crippen molar-refractivity contribution in [2.75, 3.05) is 47.5 Å². The van der Waals surface area contributed by atoms with Gasteiger partial charge in [-0.25, -0.2) is 4.79 Å². The Morgan fingerprint density at radius 3 is 2.02 bits per heavy atom. The number of ether oxygens (including phenoxy) is 3. The molecular weight excluding hydrogens is 717 g/mol. The summed E-state index contributed by atoms with van der Waals surface area (Å²) in [6.07, 6.45) is 12.6. The molecule has 4 fully saturated rings. The van der Waals surface area contributed by atoms with Crippen molar-refractivity contribution in [2.24, 2.45) is 56.7 Å². The zero-order valence-corrected chi connectivity index (χ0v) is 36.4. The van der Waals surface area contributed by atoms with E-state index < -0.39 is 5.41 Å². The van der Waals surface area contributed by atoms with Crippen molar-refractivity contribution in [3.63, 3.8) is 0 Å². The van der Waals surface area contributed by atoms with Gasteiger partial charge in [0.05, 0.1) is 45.1 Å². The lowest BCUT2D eigenvalue weighted by Crippen LogP contribution is -2.66. The van der Waals surface area contributed by atoms with Crippen molar-refractivity contribution >= 4 is 29.4 Å². The number of carbonyl (C=O) groups excluding carboxylic acids is 4. The van der Waals surface area contributed by atoms with Crippen molar-refractivity contribution in [3.05, 3.63) is 53.6 Å². The van der Waals surface area contributed by atoms with Gasteiger partial charge in [-0.05, 0) is 139 Å². The Hall–Kier alpha value is -3.46. The van der Waals surface area contributed by atoms with Crippen LogP contribution in [0.15, 0.2) is 42.5 Å². The van der Waals surface area contributed by atoms with Gasteiger partial charge in [0.25, 0.3) is 0 Å². The van der Waals surface area contributed by atoms with Crippen LogP contribution in [0.4, 0.5) is 0 Å². The molecule has 0 bridgehead atoms. The fourth-order valence-electron chi connectivity index (χ4n) is 14.1. The fraction of sp³-hybridized carbons (Fsp3) is 0.708. The number of amides is 1. The van der Waals surface area contributed by atoms with Gasteiger partial charge in [-0.2, -0.15) is 0 Å². The Morgan fingerprint density at radius 2 is 1.42 bits per heavy atom. The molecule has 0 unspecified atom stereocenters. The number of allylic oxidation sites excluding steroid dienone is 3. The minimum absolute atomic E-state index is 0.0244. The van der Waals surface area contributed by atoms with E-state index in [9.17, 15) is 19.2 Å². The molecule has 9 atom stereocenters. The van der Waals surface area contributed by atoms with Crippen LogP contribution in [0.1, 0.15) is 128 Å². The summed E-state index contributed by atoms with van der Waals surface area (Å²) < 4.78 is 14.7. The number of benzene rings is 1. The molecule has 9 heteroatoms. The first-order valence-corrected chi connectivity index (χ1v) is 21.6. The number of nitrogens with one attached hydrogen (secondary N) is 1. The van der Waals surface area contributed by atoms with Crippen LogP contribution in [0.3, 0.4) is 0 Å². The van der Waals surface area contributed by atoms with Gasteiger partial charge in [0.2, 0.25) is 5.91 Å². The Morgan fingerprint density at radius 1 is 0.772 bits per heavy atom. The molecule has 0 aliphatic heterocycles. The molecule has 0 heterocycles. The smallest absolute Gasteiger partial charge is 0.337 e. The lowest BCUT2D eigenvalue weighted by atomic mass is 9.32. The summed E-state index contributed by atoms with van der Waals surface area (Å²) in [7, 11) is 4.19. The number of methoxy groups -OCH3 is 3. The molecule has 0 aromatic heterocycles. The van der Waals surface area contributed by atoms with Crippen molar-refractivity contribution in [1.82, 2.24) is 10.2 Å². The number of nitrogens with zero attached hydrogens (tertiary/aromatic N) is 1. The third kappa shape index (κ3) is 7.31. The molecule has 57 heavy (non-hydrogen) atoms. The molecule has 0 saturated heterocycles. The highest BCUT2D eigenvalue weighted by molar-refractivity contribution is 5.90. The zero-order valence-electron chi connectivity index (χ0n) is 36.4. The van der Waals surface area contributed by atoms with E-state index in [1.54, 1.807) is 0 Å². The van der Waals surface area contributed by atoms with Crippen LogP contribution in [0.5, 0.6) is 0 Å². The highest BCUT2D eigenvalue weighted by atomic mass is 16.5. The van der Waals surface area contributed by atoms with Crippen molar-refractivity contribution in [1.29, 1.82) is 0 Å². The lowest BCUT2D eigenvalue weighted by molar-refractivity contribution is -0.225. The lowest BCUT2D eigenvalue weighted by Gasteiger charge is -2.72. The van der Waals surface area contributed by atoms with Crippen molar-refractivity contribution in [3.8, 4) is 0 Å². The second-order valence-corrected chi connectivity index (χ2v) is 19.7. The first-order chi connectivity index (χ1) is 26.9. The second kappa shape index (κ2) is 16.3. The van der Waals surface area contributed by atoms with Gasteiger partial charge >= 0.3 is 17.9 Å². The molecule has 4 saturated carbocycles. The fourth-order valence-corrected chi connectivity index (χ4v) is 14.1. The van der Waals surface area contributed by atoms with E-state index in [2.05, 4.69) is 71.6 Å². The maximum atomic E-state index is 14.7.